The molecule has 0 fully saturated rings. The fraction of sp³-hybridized carbons (Fsp3) is 0.360. The summed E-state index contributed by atoms with van der Waals surface area (Å²) in [5.41, 5.74) is 3.08. The van der Waals surface area contributed by atoms with E-state index in [2.05, 4.69) is 12.2 Å². The zero-order valence-corrected chi connectivity index (χ0v) is 18.4. The quantitative estimate of drug-likeness (QED) is 0.429. The molecular formula is C25H30N2O4. The number of amides is 2. The first-order valence-corrected chi connectivity index (χ1v) is 10.7. The van der Waals surface area contributed by atoms with Gasteiger partial charge in [0.2, 0.25) is 0 Å². The lowest BCUT2D eigenvalue weighted by molar-refractivity contribution is -0.137. The van der Waals surface area contributed by atoms with Gasteiger partial charge in [0.05, 0.1) is 18.4 Å². The standard InChI is InChI=1S/C25H30N2O4/c1-4-5-16-31-17-8-15-27-24(28)22(19-13-11-18(2)12-14-19)23(25(27)29)26-20-9-6-7-10-21(20)30-3/h6-7,9-14,26H,4-5,8,15-17H2,1-3H3. The zero-order valence-electron chi connectivity index (χ0n) is 18.4. The van der Waals surface area contributed by atoms with E-state index in [1.165, 1.54) is 4.90 Å². The number of nitrogens with one attached hydrogen (secondary N) is 1. The number of anilines is 1. The third kappa shape index (κ3) is 5.33. The number of carbonyl (C=O) groups is 2. The maximum Gasteiger partial charge on any atom is 0.278 e. The van der Waals surface area contributed by atoms with Crippen molar-refractivity contribution < 1.29 is 19.1 Å². The fourth-order valence-corrected chi connectivity index (χ4v) is 3.44. The molecule has 2 aromatic carbocycles. The van der Waals surface area contributed by atoms with Crippen LogP contribution in [0, 0.1) is 6.92 Å². The minimum absolute atomic E-state index is 0.269. The Balaban J connectivity index is 1.85. The van der Waals surface area contributed by atoms with Gasteiger partial charge in [-0.15, -0.1) is 0 Å². The number of rotatable bonds is 11. The van der Waals surface area contributed by atoms with Crippen molar-refractivity contribution >= 4 is 23.1 Å². The molecule has 2 aromatic rings. The largest absolute Gasteiger partial charge is 0.495 e. The van der Waals surface area contributed by atoms with E-state index >= 15 is 0 Å². The van der Waals surface area contributed by atoms with Crippen LogP contribution in [0.4, 0.5) is 5.69 Å². The minimum atomic E-state index is -0.333. The summed E-state index contributed by atoms with van der Waals surface area (Å²) in [6.45, 7) is 5.63. The maximum absolute atomic E-state index is 13.3. The Labute approximate surface area is 183 Å². The van der Waals surface area contributed by atoms with Gasteiger partial charge in [-0.3, -0.25) is 14.5 Å². The molecule has 164 valence electrons. The first-order chi connectivity index (χ1) is 15.1. The number of methoxy groups -OCH3 is 1. The molecule has 3 rings (SSSR count). The normalized spacial score (nSPS) is 13.8. The van der Waals surface area contributed by atoms with Gasteiger partial charge in [0.1, 0.15) is 11.4 Å². The number of unbranched alkanes of at least 4 members (excludes halogenated alkanes) is 1. The Kier molecular flexibility index (Phi) is 7.84. The molecule has 0 unspecified atom stereocenters. The van der Waals surface area contributed by atoms with E-state index in [1.54, 1.807) is 13.2 Å². The van der Waals surface area contributed by atoms with Crippen molar-refractivity contribution in [3.63, 3.8) is 0 Å². The van der Waals surface area contributed by atoms with Gasteiger partial charge < -0.3 is 14.8 Å². The average Bonchev–Trinajstić information content (AvgIpc) is 3.01. The lowest BCUT2D eigenvalue weighted by Gasteiger charge is -2.16. The summed E-state index contributed by atoms with van der Waals surface area (Å²) in [6, 6.07) is 14.9. The smallest absolute Gasteiger partial charge is 0.278 e. The molecular weight excluding hydrogens is 392 g/mol. The van der Waals surface area contributed by atoms with Crippen molar-refractivity contribution in [2.45, 2.75) is 33.1 Å². The molecule has 1 N–H and O–H groups in total. The predicted molar refractivity (Wildman–Crippen MR) is 122 cm³/mol. The molecule has 0 atom stereocenters. The van der Waals surface area contributed by atoms with Crippen molar-refractivity contribution in [1.82, 2.24) is 4.90 Å². The molecule has 1 aliphatic heterocycles. The Morgan fingerprint density at radius 2 is 1.65 bits per heavy atom. The second-order valence-corrected chi connectivity index (χ2v) is 7.52. The van der Waals surface area contributed by atoms with Crippen molar-refractivity contribution in [3.05, 3.63) is 65.4 Å². The lowest BCUT2D eigenvalue weighted by atomic mass is 10.0. The molecule has 6 heteroatoms. The van der Waals surface area contributed by atoms with E-state index < -0.39 is 0 Å². The van der Waals surface area contributed by atoms with Crippen molar-refractivity contribution in [2.24, 2.45) is 0 Å². The maximum atomic E-state index is 13.3. The molecule has 31 heavy (non-hydrogen) atoms. The van der Waals surface area contributed by atoms with Gasteiger partial charge in [0, 0.05) is 19.8 Å². The van der Waals surface area contributed by atoms with Crippen LogP contribution < -0.4 is 10.1 Å². The number of carbonyl (C=O) groups excluding carboxylic acids is 2. The first-order valence-electron chi connectivity index (χ1n) is 10.7. The van der Waals surface area contributed by atoms with Gasteiger partial charge in [-0.2, -0.15) is 0 Å². The molecule has 0 spiro atoms. The topological polar surface area (TPSA) is 67.9 Å². The monoisotopic (exact) mass is 422 g/mol. The Hall–Kier alpha value is -3.12. The summed E-state index contributed by atoms with van der Waals surface area (Å²) in [7, 11) is 1.57. The molecule has 6 nitrogen and oxygen atoms in total. The lowest BCUT2D eigenvalue weighted by Crippen LogP contribution is -2.34. The van der Waals surface area contributed by atoms with E-state index in [4.69, 9.17) is 9.47 Å². The Morgan fingerprint density at radius 1 is 0.935 bits per heavy atom. The van der Waals surface area contributed by atoms with Gasteiger partial charge in [-0.1, -0.05) is 55.3 Å². The number of para-hydroxylation sites is 2. The molecule has 0 aliphatic carbocycles. The number of aryl methyl sites for hydroxylation is 1. The number of imide groups is 1. The highest BCUT2D eigenvalue weighted by molar-refractivity contribution is 6.36. The summed E-state index contributed by atoms with van der Waals surface area (Å²) in [5.74, 6) is -0.0267. The highest BCUT2D eigenvalue weighted by atomic mass is 16.5. The van der Waals surface area contributed by atoms with Gasteiger partial charge in [0.25, 0.3) is 11.8 Å². The third-order valence-corrected chi connectivity index (χ3v) is 5.19. The first kappa shape index (κ1) is 22.6. The van der Waals surface area contributed by atoms with Crippen LogP contribution >= 0.6 is 0 Å². The SMILES string of the molecule is CCCCOCCCN1C(=O)C(Nc2ccccc2OC)=C(c2ccc(C)cc2)C1=O. The molecule has 2 amide bonds. The summed E-state index contributed by atoms with van der Waals surface area (Å²) in [5, 5.41) is 3.16. The number of ether oxygens (including phenoxy) is 2. The van der Waals surface area contributed by atoms with Gasteiger partial charge in [0.15, 0.2) is 0 Å². The number of hydrogen-bond donors (Lipinski definition) is 1. The third-order valence-electron chi connectivity index (χ3n) is 5.19. The van der Waals surface area contributed by atoms with E-state index in [1.807, 2.05) is 49.4 Å². The van der Waals surface area contributed by atoms with E-state index in [9.17, 15) is 9.59 Å². The minimum Gasteiger partial charge on any atom is -0.495 e. The molecule has 1 heterocycles. The van der Waals surface area contributed by atoms with Crippen molar-refractivity contribution in [3.8, 4) is 5.75 Å². The predicted octanol–water partition coefficient (Wildman–Crippen LogP) is 4.40. The van der Waals surface area contributed by atoms with Gasteiger partial charge >= 0.3 is 0 Å². The van der Waals surface area contributed by atoms with Crippen LogP contribution in [0.25, 0.3) is 5.57 Å². The Morgan fingerprint density at radius 3 is 2.35 bits per heavy atom. The van der Waals surface area contributed by atoms with Gasteiger partial charge in [-0.25, -0.2) is 0 Å². The second kappa shape index (κ2) is 10.8. The van der Waals surface area contributed by atoms with Crippen molar-refractivity contribution in [2.75, 3.05) is 32.2 Å². The number of benzene rings is 2. The summed E-state index contributed by atoms with van der Waals surface area (Å²) in [4.78, 5) is 27.8. The molecule has 0 aromatic heterocycles. The number of hydrogen-bond acceptors (Lipinski definition) is 5. The zero-order chi connectivity index (χ0) is 22.2. The summed E-state index contributed by atoms with van der Waals surface area (Å²) < 4.78 is 11.0. The van der Waals surface area contributed by atoms with Crippen LogP contribution in [-0.2, 0) is 14.3 Å². The van der Waals surface area contributed by atoms with Crippen LogP contribution in [0.2, 0.25) is 0 Å². The molecule has 0 bridgehead atoms. The van der Waals surface area contributed by atoms with E-state index in [0.29, 0.717) is 48.8 Å². The van der Waals surface area contributed by atoms with Gasteiger partial charge in [-0.05, 0) is 37.5 Å². The number of nitrogens with zero attached hydrogens (tertiary/aromatic N) is 1. The van der Waals surface area contributed by atoms with E-state index in [-0.39, 0.29) is 17.5 Å². The van der Waals surface area contributed by atoms with E-state index in [0.717, 1.165) is 18.4 Å². The van der Waals surface area contributed by atoms with Crippen LogP contribution in [0.15, 0.2) is 54.2 Å². The summed E-state index contributed by atoms with van der Waals surface area (Å²) in [6.07, 6.45) is 2.68. The summed E-state index contributed by atoms with van der Waals surface area (Å²) >= 11 is 0. The molecule has 0 radical (unpaired) electrons. The van der Waals surface area contributed by atoms with Crippen LogP contribution in [-0.4, -0.2) is 43.6 Å². The highest BCUT2D eigenvalue weighted by Gasteiger charge is 2.39. The molecule has 0 saturated carbocycles. The Bertz CT molecular complexity index is 950. The highest BCUT2D eigenvalue weighted by Crippen LogP contribution is 2.33. The average molecular weight is 423 g/mol. The molecule has 0 saturated heterocycles. The van der Waals surface area contributed by atoms with Crippen LogP contribution in [0.3, 0.4) is 0 Å². The fourth-order valence-electron chi connectivity index (χ4n) is 3.44. The van der Waals surface area contributed by atoms with Crippen LogP contribution in [0.1, 0.15) is 37.3 Å². The second-order valence-electron chi connectivity index (χ2n) is 7.52. The molecule has 1 aliphatic rings. The van der Waals surface area contributed by atoms with Crippen LogP contribution in [0.5, 0.6) is 5.75 Å². The van der Waals surface area contributed by atoms with Crippen molar-refractivity contribution in [1.29, 1.82) is 0 Å².